The quantitative estimate of drug-likeness (QED) is 0.701. The molecule has 0 saturated heterocycles. The minimum atomic E-state index is 0.526. The van der Waals surface area contributed by atoms with Crippen molar-refractivity contribution in [3.8, 4) is 0 Å². The van der Waals surface area contributed by atoms with Gasteiger partial charge in [0.25, 0.3) is 0 Å². The highest BCUT2D eigenvalue weighted by atomic mass is 35.5. The summed E-state index contributed by atoms with van der Waals surface area (Å²) in [7, 11) is 0. The highest BCUT2D eigenvalue weighted by Crippen LogP contribution is 2.17. The Morgan fingerprint density at radius 2 is 1.88 bits per heavy atom. The smallest absolute Gasteiger partial charge is 0.158 e. The van der Waals surface area contributed by atoms with Crippen LogP contribution in [0.25, 0.3) is 0 Å². The van der Waals surface area contributed by atoms with Crippen molar-refractivity contribution in [3.05, 3.63) is 11.9 Å². The second-order valence-corrected chi connectivity index (χ2v) is 4.13. The first kappa shape index (κ1) is 13.2. The summed E-state index contributed by atoms with van der Waals surface area (Å²) in [5.41, 5.74) is 0.802. The van der Waals surface area contributed by atoms with Crippen LogP contribution in [0.5, 0.6) is 0 Å². The molecule has 0 unspecified atom stereocenters. The number of aliphatic imine (C=N–C) groups is 2. The molecule has 0 N–H and O–H groups in total. The van der Waals surface area contributed by atoms with E-state index in [4.69, 9.17) is 11.6 Å². The van der Waals surface area contributed by atoms with Gasteiger partial charge in [-0.3, -0.25) is 0 Å². The molecular formula is C12H20ClN3. The fourth-order valence-electron chi connectivity index (χ4n) is 1.49. The minimum absolute atomic E-state index is 0.526. The number of rotatable bonds is 6. The Bertz CT molecular complexity index is 314. The number of halogens is 1. The van der Waals surface area contributed by atoms with Gasteiger partial charge in [0, 0.05) is 25.7 Å². The number of amidine groups is 1. The third-order valence-corrected chi connectivity index (χ3v) is 2.84. The van der Waals surface area contributed by atoms with E-state index in [0.29, 0.717) is 5.17 Å². The van der Waals surface area contributed by atoms with Crippen molar-refractivity contribution in [2.24, 2.45) is 9.98 Å². The summed E-state index contributed by atoms with van der Waals surface area (Å²) >= 11 is 6.05. The normalized spacial score (nSPS) is 17.6. The molecule has 1 aliphatic rings. The van der Waals surface area contributed by atoms with E-state index in [1.807, 2.05) is 6.20 Å². The number of hydrogen-bond acceptors (Lipinski definition) is 3. The van der Waals surface area contributed by atoms with Gasteiger partial charge in [0.1, 0.15) is 11.5 Å². The van der Waals surface area contributed by atoms with Crippen LogP contribution in [0.4, 0.5) is 0 Å². The minimum Gasteiger partial charge on any atom is -0.376 e. The van der Waals surface area contributed by atoms with Gasteiger partial charge in [-0.1, -0.05) is 24.9 Å². The van der Waals surface area contributed by atoms with E-state index in [-0.39, 0.29) is 0 Å². The van der Waals surface area contributed by atoms with Gasteiger partial charge in [-0.15, -0.1) is 0 Å². The SMILES string of the molecule is CCCCC1=N/C(=C/N(CC)CC)C(Cl)=N1. The van der Waals surface area contributed by atoms with Crippen molar-refractivity contribution in [2.75, 3.05) is 13.1 Å². The average molecular weight is 242 g/mol. The lowest BCUT2D eigenvalue weighted by Crippen LogP contribution is -2.16. The maximum atomic E-state index is 6.05. The van der Waals surface area contributed by atoms with Crippen molar-refractivity contribution < 1.29 is 0 Å². The molecule has 0 aliphatic carbocycles. The van der Waals surface area contributed by atoms with Gasteiger partial charge < -0.3 is 4.90 Å². The number of allylic oxidation sites excluding steroid dienone is 1. The Balaban J connectivity index is 2.69. The third kappa shape index (κ3) is 3.63. The first-order valence-corrected chi connectivity index (χ1v) is 6.37. The molecule has 1 rings (SSSR count). The lowest BCUT2D eigenvalue weighted by atomic mass is 10.2. The Morgan fingerprint density at radius 1 is 1.19 bits per heavy atom. The van der Waals surface area contributed by atoms with E-state index >= 15 is 0 Å². The van der Waals surface area contributed by atoms with E-state index < -0.39 is 0 Å². The highest BCUT2D eigenvalue weighted by Gasteiger charge is 2.14. The van der Waals surface area contributed by atoms with E-state index in [0.717, 1.165) is 43.9 Å². The average Bonchev–Trinajstić information content (AvgIpc) is 2.64. The standard InChI is InChI=1S/C12H20ClN3/c1-4-7-8-11-14-10(12(13)15-11)9-16(5-2)6-3/h9H,4-8H2,1-3H3/b10-9+. The van der Waals surface area contributed by atoms with Crippen LogP contribution in [-0.4, -0.2) is 29.0 Å². The van der Waals surface area contributed by atoms with Gasteiger partial charge in [0.2, 0.25) is 0 Å². The summed E-state index contributed by atoms with van der Waals surface area (Å²) in [6.45, 7) is 8.31. The van der Waals surface area contributed by atoms with Gasteiger partial charge in [-0.25, -0.2) is 9.98 Å². The van der Waals surface area contributed by atoms with E-state index in [9.17, 15) is 0 Å². The van der Waals surface area contributed by atoms with Crippen LogP contribution in [0.15, 0.2) is 21.9 Å². The molecule has 0 fully saturated rings. The fraction of sp³-hybridized carbons (Fsp3) is 0.667. The maximum Gasteiger partial charge on any atom is 0.158 e. The summed E-state index contributed by atoms with van der Waals surface area (Å²) in [4.78, 5) is 10.9. The maximum absolute atomic E-state index is 6.05. The molecule has 90 valence electrons. The zero-order valence-corrected chi connectivity index (χ0v) is 11.1. The molecule has 16 heavy (non-hydrogen) atoms. The monoisotopic (exact) mass is 241 g/mol. The molecule has 1 heterocycles. The van der Waals surface area contributed by atoms with Gasteiger partial charge >= 0.3 is 0 Å². The van der Waals surface area contributed by atoms with E-state index in [2.05, 4.69) is 35.7 Å². The molecule has 0 saturated carbocycles. The summed E-state index contributed by atoms with van der Waals surface area (Å²) in [6.07, 6.45) is 5.18. The lowest BCUT2D eigenvalue weighted by Gasteiger charge is -2.15. The van der Waals surface area contributed by atoms with Crippen molar-refractivity contribution in [1.29, 1.82) is 0 Å². The Morgan fingerprint density at radius 3 is 2.44 bits per heavy atom. The van der Waals surface area contributed by atoms with Crippen LogP contribution in [0.3, 0.4) is 0 Å². The van der Waals surface area contributed by atoms with E-state index in [1.165, 1.54) is 0 Å². The van der Waals surface area contributed by atoms with Crippen molar-refractivity contribution in [2.45, 2.75) is 40.0 Å². The Kier molecular flexibility index (Phi) is 5.53. The Labute approximate surface area is 103 Å². The zero-order valence-electron chi connectivity index (χ0n) is 10.3. The second-order valence-electron chi connectivity index (χ2n) is 3.77. The number of unbranched alkanes of at least 4 members (excludes halogenated alkanes) is 1. The van der Waals surface area contributed by atoms with Crippen LogP contribution >= 0.6 is 11.6 Å². The summed E-state index contributed by atoms with van der Waals surface area (Å²) in [5.74, 6) is 0.866. The predicted octanol–water partition coefficient (Wildman–Crippen LogP) is 3.41. The molecule has 0 atom stereocenters. The molecule has 0 bridgehead atoms. The molecule has 0 amide bonds. The fourth-order valence-corrected chi connectivity index (χ4v) is 1.68. The molecule has 0 radical (unpaired) electrons. The predicted molar refractivity (Wildman–Crippen MR) is 71.3 cm³/mol. The van der Waals surface area contributed by atoms with Gasteiger partial charge in [0.15, 0.2) is 5.17 Å². The van der Waals surface area contributed by atoms with Crippen LogP contribution < -0.4 is 0 Å². The van der Waals surface area contributed by atoms with Crippen molar-refractivity contribution >= 4 is 22.6 Å². The highest BCUT2D eigenvalue weighted by molar-refractivity contribution is 6.71. The number of nitrogens with zero attached hydrogens (tertiary/aromatic N) is 3. The van der Waals surface area contributed by atoms with Crippen molar-refractivity contribution in [1.82, 2.24) is 4.90 Å². The number of hydrogen-bond donors (Lipinski definition) is 0. The molecule has 0 spiro atoms. The molecule has 0 aromatic carbocycles. The summed E-state index contributed by atoms with van der Waals surface area (Å²) < 4.78 is 0. The van der Waals surface area contributed by atoms with Crippen LogP contribution in [0, 0.1) is 0 Å². The largest absolute Gasteiger partial charge is 0.376 e. The summed E-state index contributed by atoms with van der Waals surface area (Å²) in [6, 6.07) is 0. The molecule has 0 aromatic rings. The molecule has 3 nitrogen and oxygen atoms in total. The second kappa shape index (κ2) is 6.69. The van der Waals surface area contributed by atoms with Crippen molar-refractivity contribution in [3.63, 3.8) is 0 Å². The van der Waals surface area contributed by atoms with Gasteiger partial charge in [0.05, 0.1) is 0 Å². The Hall–Kier alpha value is -0.830. The third-order valence-electron chi connectivity index (χ3n) is 2.56. The van der Waals surface area contributed by atoms with Crippen LogP contribution in [-0.2, 0) is 0 Å². The first-order chi connectivity index (χ1) is 7.71. The van der Waals surface area contributed by atoms with Gasteiger partial charge in [-0.05, 0) is 20.3 Å². The van der Waals surface area contributed by atoms with E-state index in [1.54, 1.807) is 0 Å². The van der Waals surface area contributed by atoms with Crippen LogP contribution in [0.1, 0.15) is 40.0 Å². The molecule has 1 aliphatic heterocycles. The van der Waals surface area contributed by atoms with Crippen LogP contribution in [0.2, 0.25) is 0 Å². The lowest BCUT2D eigenvalue weighted by molar-refractivity contribution is 0.417. The molecule has 4 heteroatoms. The molecular weight excluding hydrogens is 222 g/mol. The van der Waals surface area contributed by atoms with Gasteiger partial charge in [-0.2, -0.15) is 0 Å². The summed E-state index contributed by atoms with van der Waals surface area (Å²) in [5, 5.41) is 0.526. The topological polar surface area (TPSA) is 28.0 Å². The zero-order chi connectivity index (χ0) is 12.0. The molecule has 0 aromatic heterocycles. The first-order valence-electron chi connectivity index (χ1n) is 5.99.